The number of hydrogen-bond acceptors (Lipinski definition) is 2. The summed E-state index contributed by atoms with van der Waals surface area (Å²) in [5.74, 6) is 1.48. The topological polar surface area (TPSA) is 35.2 Å². The average Bonchev–Trinajstić information content (AvgIpc) is 3.08. The Hall–Kier alpha value is -0.0800. The molecule has 0 aromatic rings. The normalized spacial score (nSPS) is 32.9. The lowest BCUT2D eigenvalue weighted by atomic mass is 9.65. The van der Waals surface area contributed by atoms with Crippen molar-refractivity contribution in [2.45, 2.75) is 96.1 Å². The molecule has 1 aliphatic heterocycles. The molecule has 1 saturated heterocycles. The first-order chi connectivity index (χ1) is 10.1. The summed E-state index contributed by atoms with van der Waals surface area (Å²) in [5, 5.41) is 0. The Morgan fingerprint density at radius 2 is 1.67 bits per heavy atom. The molecule has 21 heavy (non-hydrogen) atoms. The van der Waals surface area contributed by atoms with Crippen LogP contribution in [0.4, 0.5) is 0 Å². The van der Waals surface area contributed by atoms with E-state index in [-0.39, 0.29) is 5.60 Å². The number of rotatable bonds is 4. The van der Waals surface area contributed by atoms with E-state index >= 15 is 0 Å². The molecule has 3 aliphatic rings. The van der Waals surface area contributed by atoms with Crippen LogP contribution in [0.25, 0.3) is 0 Å². The average molecular weight is 293 g/mol. The highest BCUT2D eigenvalue weighted by Crippen LogP contribution is 2.51. The van der Waals surface area contributed by atoms with Gasteiger partial charge in [-0.25, -0.2) is 0 Å². The van der Waals surface area contributed by atoms with Crippen LogP contribution in [-0.2, 0) is 4.74 Å². The molecule has 0 aromatic heterocycles. The third-order valence-corrected chi connectivity index (χ3v) is 6.67. The van der Waals surface area contributed by atoms with Gasteiger partial charge in [-0.05, 0) is 62.2 Å². The molecular formula is C19H35NO. The van der Waals surface area contributed by atoms with Gasteiger partial charge < -0.3 is 10.5 Å². The summed E-state index contributed by atoms with van der Waals surface area (Å²) in [7, 11) is 0. The zero-order valence-corrected chi connectivity index (χ0v) is 14.2. The zero-order valence-electron chi connectivity index (χ0n) is 14.2. The van der Waals surface area contributed by atoms with Gasteiger partial charge in [-0.2, -0.15) is 0 Å². The molecule has 2 unspecified atom stereocenters. The molecule has 2 atom stereocenters. The third-order valence-electron chi connectivity index (χ3n) is 6.67. The Labute approximate surface area is 131 Å². The van der Waals surface area contributed by atoms with Crippen LogP contribution in [0, 0.1) is 17.3 Å². The minimum atomic E-state index is 0.220. The lowest BCUT2D eigenvalue weighted by Crippen LogP contribution is -2.51. The number of nitrogens with two attached hydrogens (primary N) is 1. The van der Waals surface area contributed by atoms with Crippen LogP contribution in [0.2, 0.25) is 0 Å². The minimum absolute atomic E-state index is 0.220. The Kier molecular flexibility index (Phi) is 4.66. The summed E-state index contributed by atoms with van der Waals surface area (Å²) in [6.07, 6.45) is 14.6. The van der Waals surface area contributed by atoms with Gasteiger partial charge in [-0.15, -0.1) is 0 Å². The lowest BCUT2D eigenvalue weighted by Gasteiger charge is -2.46. The summed E-state index contributed by atoms with van der Waals surface area (Å²) in [6, 6.07) is 0.406. The van der Waals surface area contributed by atoms with Gasteiger partial charge in [0.05, 0.1) is 5.60 Å². The van der Waals surface area contributed by atoms with Crippen molar-refractivity contribution in [3.63, 3.8) is 0 Å². The standard InChI is InChI=1S/C19H35NO/c1-15(2)13-18(8-3-4-9-18)17(20)16-7-12-21-19(14-16)10-5-6-11-19/h15-17H,3-14,20H2,1-2H3. The predicted molar refractivity (Wildman–Crippen MR) is 88.2 cm³/mol. The van der Waals surface area contributed by atoms with Crippen LogP contribution >= 0.6 is 0 Å². The summed E-state index contributed by atoms with van der Waals surface area (Å²) < 4.78 is 6.23. The van der Waals surface area contributed by atoms with E-state index in [1.807, 2.05) is 0 Å². The van der Waals surface area contributed by atoms with Gasteiger partial charge in [0.1, 0.15) is 0 Å². The van der Waals surface area contributed by atoms with E-state index in [4.69, 9.17) is 10.5 Å². The van der Waals surface area contributed by atoms with Gasteiger partial charge in [0, 0.05) is 12.6 Å². The highest BCUT2D eigenvalue weighted by atomic mass is 16.5. The van der Waals surface area contributed by atoms with Gasteiger partial charge in [0.15, 0.2) is 0 Å². The van der Waals surface area contributed by atoms with Crippen molar-refractivity contribution >= 4 is 0 Å². The van der Waals surface area contributed by atoms with Crippen molar-refractivity contribution in [2.75, 3.05) is 6.61 Å². The SMILES string of the molecule is CC(C)CC1(C(N)C2CCOC3(CCCC3)C2)CCCC1. The molecule has 122 valence electrons. The Morgan fingerprint density at radius 1 is 1.05 bits per heavy atom. The second-order valence-electron chi connectivity index (χ2n) is 8.68. The quantitative estimate of drug-likeness (QED) is 0.818. The Morgan fingerprint density at radius 3 is 2.29 bits per heavy atom. The summed E-state index contributed by atoms with van der Waals surface area (Å²) >= 11 is 0. The van der Waals surface area contributed by atoms with E-state index in [0.29, 0.717) is 17.4 Å². The first-order valence-corrected chi connectivity index (χ1v) is 9.45. The molecule has 1 heterocycles. The third kappa shape index (κ3) is 3.17. The molecule has 2 aliphatic carbocycles. The predicted octanol–water partition coefficient (Wildman–Crippen LogP) is 4.66. The van der Waals surface area contributed by atoms with E-state index in [2.05, 4.69) is 13.8 Å². The van der Waals surface area contributed by atoms with Crippen molar-refractivity contribution in [1.82, 2.24) is 0 Å². The molecule has 0 aromatic carbocycles. The molecule has 2 nitrogen and oxygen atoms in total. The minimum Gasteiger partial charge on any atom is -0.375 e. The van der Waals surface area contributed by atoms with Gasteiger partial charge in [0.2, 0.25) is 0 Å². The summed E-state index contributed by atoms with van der Waals surface area (Å²) in [5.41, 5.74) is 7.59. The maximum Gasteiger partial charge on any atom is 0.0685 e. The largest absolute Gasteiger partial charge is 0.375 e. The first kappa shape index (κ1) is 15.8. The van der Waals surface area contributed by atoms with E-state index in [0.717, 1.165) is 12.5 Å². The molecule has 2 heteroatoms. The number of ether oxygens (including phenoxy) is 1. The first-order valence-electron chi connectivity index (χ1n) is 9.45. The lowest BCUT2D eigenvalue weighted by molar-refractivity contribution is -0.104. The van der Waals surface area contributed by atoms with Crippen molar-refractivity contribution in [3.05, 3.63) is 0 Å². The molecular weight excluding hydrogens is 258 g/mol. The molecule has 0 radical (unpaired) electrons. The van der Waals surface area contributed by atoms with Crippen LogP contribution in [0.3, 0.4) is 0 Å². The smallest absolute Gasteiger partial charge is 0.0685 e. The molecule has 0 amide bonds. The van der Waals surface area contributed by atoms with E-state index in [9.17, 15) is 0 Å². The van der Waals surface area contributed by atoms with E-state index < -0.39 is 0 Å². The van der Waals surface area contributed by atoms with Crippen LogP contribution in [0.5, 0.6) is 0 Å². The van der Waals surface area contributed by atoms with Crippen molar-refractivity contribution < 1.29 is 4.74 Å². The van der Waals surface area contributed by atoms with Crippen LogP contribution in [-0.4, -0.2) is 18.2 Å². The summed E-state index contributed by atoms with van der Waals surface area (Å²) in [6.45, 7) is 5.70. The Balaban J connectivity index is 1.71. The second-order valence-corrected chi connectivity index (χ2v) is 8.68. The van der Waals surface area contributed by atoms with Gasteiger partial charge in [-0.3, -0.25) is 0 Å². The maximum atomic E-state index is 6.93. The number of hydrogen-bond donors (Lipinski definition) is 1. The highest BCUT2D eigenvalue weighted by molar-refractivity contribution is 5.01. The molecule has 1 spiro atoms. The Bertz CT molecular complexity index is 339. The maximum absolute atomic E-state index is 6.93. The molecule has 2 saturated carbocycles. The van der Waals surface area contributed by atoms with Crippen molar-refractivity contribution in [3.8, 4) is 0 Å². The second kappa shape index (κ2) is 6.20. The van der Waals surface area contributed by atoms with E-state index in [1.165, 1.54) is 70.6 Å². The van der Waals surface area contributed by atoms with Crippen LogP contribution in [0.15, 0.2) is 0 Å². The molecule has 3 rings (SSSR count). The fourth-order valence-electron chi connectivity index (χ4n) is 5.81. The van der Waals surface area contributed by atoms with Gasteiger partial charge >= 0.3 is 0 Å². The van der Waals surface area contributed by atoms with Gasteiger partial charge in [0.25, 0.3) is 0 Å². The fourth-order valence-corrected chi connectivity index (χ4v) is 5.81. The molecule has 0 bridgehead atoms. The molecule has 2 N–H and O–H groups in total. The highest BCUT2D eigenvalue weighted by Gasteiger charge is 2.47. The van der Waals surface area contributed by atoms with E-state index in [1.54, 1.807) is 0 Å². The molecule has 3 fully saturated rings. The van der Waals surface area contributed by atoms with Crippen LogP contribution < -0.4 is 5.73 Å². The van der Waals surface area contributed by atoms with Crippen molar-refractivity contribution in [1.29, 1.82) is 0 Å². The van der Waals surface area contributed by atoms with Gasteiger partial charge in [-0.1, -0.05) is 39.5 Å². The van der Waals surface area contributed by atoms with Crippen LogP contribution in [0.1, 0.15) is 84.5 Å². The summed E-state index contributed by atoms with van der Waals surface area (Å²) in [4.78, 5) is 0. The van der Waals surface area contributed by atoms with Crippen molar-refractivity contribution in [2.24, 2.45) is 23.0 Å². The fraction of sp³-hybridized carbons (Fsp3) is 1.00. The zero-order chi connectivity index (χ0) is 14.9. The monoisotopic (exact) mass is 293 g/mol.